The van der Waals surface area contributed by atoms with Gasteiger partial charge in [-0.05, 0) is 29.9 Å². The minimum absolute atomic E-state index is 0.0536. The van der Waals surface area contributed by atoms with E-state index in [2.05, 4.69) is 47.8 Å². The molecule has 2 aromatic carbocycles. The lowest BCUT2D eigenvalue weighted by Crippen LogP contribution is -2.43. The van der Waals surface area contributed by atoms with Gasteiger partial charge in [-0.2, -0.15) is 0 Å². The van der Waals surface area contributed by atoms with Crippen LogP contribution in [0, 0.1) is 0 Å². The summed E-state index contributed by atoms with van der Waals surface area (Å²) in [6.07, 6.45) is 2.32. The summed E-state index contributed by atoms with van der Waals surface area (Å²) in [7, 11) is 0. The molecule has 1 saturated carbocycles. The molecule has 2 nitrogen and oxygen atoms in total. The second-order valence-electron chi connectivity index (χ2n) is 5.59. The van der Waals surface area contributed by atoms with Crippen LogP contribution in [0.1, 0.15) is 35.9 Å². The van der Waals surface area contributed by atoms with Crippen LogP contribution >= 0.6 is 0 Å². The Balaban J connectivity index is 1.55. The number of benzene rings is 2. The molecule has 1 fully saturated rings. The molecular weight excluding hydrogens is 246 g/mol. The van der Waals surface area contributed by atoms with Crippen molar-refractivity contribution in [3.05, 3.63) is 71.8 Å². The van der Waals surface area contributed by atoms with Crippen molar-refractivity contribution in [2.45, 2.75) is 30.8 Å². The highest BCUT2D eigenvalue weighted by molar-refractivity contribution is 5.24. The van der Waals surface area contributed by atoms with Gasteiger partial charge in [0, 0.05) is 6.04 Å². The third-order valence-corrected chi connectivity index (χ3v) is 4.23. The molecule has 0 amide bonds. The van der Waals surface area contributed by atoms with E-state index in [1.54, 1.807) is 0 Å². The van der Waals surface area contributed by atoms with E-state index in [9.17, 15) is 5.11 Å². The van der Waals surface area contributed by atoms with Crippen molar-refractivity contribution in [3.8, 4) is 0 Å². The lowest BCUT2D eigenvalue weighted by Gasteiger charge is -2.38. The number of hydrogen-bond donors (Lipinski definition) is 2. The first kappa shape index (κ1) is 13.3. The van der Waals surface area contributed by atoms with Crippen LogP contribution in [0.4, 0.5) is 0 Å². The Bertz CT molecular complexity index is 520. The van der Waals surface area contributed by atoms with Crippen LogP contribution in [-0.2, 0) is 0 Å². The monoisotopic (exact) mass is 267 g/mol. The average Bonchev–Trinajstić information content (AvgIpc) is 2.48. The van der Waals surface area contributed by atoms with Gasteiger partial charge >= 0.3 is 0 Å². The predicted molar refractivity (Wildman–Crippen MR) is 81.6 cm³/mol. The van der Waals surface area contributed by atoms with Crippen LogP contribution in [-0.4, -0.2) is 17.8 Å². The zero-order valence-corrected chi connectivity index (χ0v) is 11.6. The summed E-state index contributed by atoms with van der Waals surface area (Å²) in [5.41, 5.74) is 2.60. The molecule has 1 aliphatic rings. The van der Waals surface area contributed by atoms with Gasteiger partial charge in [-0.25, -0.2) is 0 Å². The first-order chi connectivity index (χ1) is 9.86. The summed E-state index contributed by atoms with van der Waals surface area (Å²) in [6, 6.07) is 21.5. The van der Waals surface area contributed by atoms with Crippen LogP contribution in [0.25, 0.3) is 0 Å². The molecule has 20 heavy (non-hydrogen) atoms. The maximum absolute atomic E-state index is 9.57. The summed E-state index contributed by atoms with van der Waals surface area (Å²) >= 11 is 0. The molecule has 0 aromatic heterocycles. The van der Waals surface area contributed by atoms with Crippen LogP contribution in [0.5, 0.6) is 0 Å². The highest BCUT2D eigenvalue weighted by Crippen LogP contribution is 2.37. The normalized spacial score (nSPS) is 23.1. The van der Waals surface area contributed by atoms with E-state index >= 15 is 0 Å². The molecule has 0 spiro atoms. The third kappa shape index (κ3) is 2.92. The quantitative estimate of drug-likeness (QED) is 0.871. The van der Waals surface area contributed by atoms with Gasteiger partial charge in [0.05, 0.1) is 12.6 Å². The zero-order valence-electron chi connectivity index (χ0n) is 11.6. The number of nitrogens with one attached hydrogen (secondary N) is 1. The smallest absolute Gasteiger partial charge is 0.0626 e. The van der Waals surface area contributed by atoms with Gasteiger partial charge < -0.3 is 10.4 Å². The van der Waals surface area contributed by atoms with E-state index in [1.165, 1.54) is 5.56 Å². The van der Waals surface area contributed by atoms with Crippen LogP contribution < -0.4 is 5.32 Å². The molecule has 104 valence electrons. The van der Waals surface area contributed by atoms with Crippen molar-refractivity contribution in [1.29, 1.82) is 0 Å². The van der Waals surface area contributed by atoms with Gasteiger partial charge in [0.15, 0.2) is 0 Å². The Kier molecular flexibility index (Phi) is 4.14. The molecule has 1 aliphatic carbocycles. The topological polar surface area (TPSA) is 32.3 Å². The standard InChI is InChI=1S/C18H21NO/c20-13-18(15-9-5-2-6-10-15)19-17-11-16(12-17)14-7-3-1-4-8-14/h1-10,16-20H,11-13H2/t16?,17?,18-/m1/s1. The molecule has 3 rings (SSSR count). The molecule has 2 N–H and O–H groups in total. The number of rotatable bonds is 5. The van der Waals surface area contributed by atoms with E-state index < -0.39 is 0 Å². The first-order valence-electron chi connectivity index (χ1n) is 7.33. The van der Waals surface area contributed by atoms with E-state index in [0.717, 1.165) is 18.4 Å². The summed E-state index contributed by atoms with van der Waals surface area (Å²) in [4.78, 5) is 0. The van der Waals surface area contributed by atoms with Crippen molar-refractivity contribution in [2.75, 3.05) is 6.61 Å². The highest BCUT2D eigenvalue weighted by atomic mass is 16.3. The lowest BCUT2D eigenvalue weighted by atomic mass is 9.75. The third-order valence-electron chi connectivity index (χ3n) is 4.23. The Labute approximate surface area is 120 Å². The Morgan fingerprint density at radius 2 is 1.55 bits per heavy atom. The second-order valence-corrected chi connectivity index (χ2v) is 5.59. The molecule has 2 aromatic rings. The Morgan fingerprint density at radius 1 is 0.950 bits per heavy atom. The molecule has 2 heteroatoms. The van der Waals surface area contributed by atoms with E-state index in [4.69, 9.17) is 0 Å². The van der Waals surface area contributed by atoms with Crippen LogP contribution in [0.2, 0.25) is 0 Å². The van der Waals surface area contributed by atoms with Crippen molar-refractivity contribution in [2.24, 2.45) is 0 Å². The molecule has 0 saturated heterocycles. The molecule has 0 unspecified atom stereocenters. The van der Waals surface area contributed by atoms with Crippen LogP contribution in [0.15, 0.2) is 60.7 Å². The molecule has 1 atom stereocenters. The summed E-state index contributed by atoms with van der Waals surface area (Å²) in [6.45, 7) is 0.149. The minimum Gasteiger partial charge on any atom is -0.394 e. The molecular formula is C18H21NO. The first-order valence-corrected chi connectivity index (χ1v) is 7.33. The number of aliphatic hydroxyl groups is 1. The van der Waals surface area contributed by atoms with E-state index in [0.29, 0.717) is 12.0 Å². The Morgan fingerprint density at radius 3 is 2.15 bits per heavy atom. The van der Waals surface area contributed by atoms with E-state index in [1.807, 2.05) is 18.2 Å². The number of hydrogen-bond acceptors (Lipinski definition) is 2. The average molecular weight is 267 g/mol. The SMILES string of the molecule is OC[C@@H](NC1CC(c2ccccc2)C1)c1ccccc1. The summed E-state index contributed by atoms with van der Waals surface area (Å²) in [5.74, 6) is 0.670. The molecule has 0 heterocycles. The largest absolute Gasteiger partial charge is 0.394 e. The van der Waals surface area contributed by atoms with Gasteiger partial charge in [-0.15, -0.1) is 0 Å². The zero-order chi connectivity index (χ0) is 13.8. The van der Waals surface area contributed by atoms with Gasteiger partial charge in [0.1, 0.15) is 0 Å². The minimum atomic E-state index is 0.0536. The maximum atomic E-state index is 9.57. The molecule has 0 bridgehead atoms. The van der Waals surface area contributed by atoms with Gasteiger partial charge in [0.2, 0.25) is 0 Å². The fourth-order valence-electron chi connectivity index (χ4n) is 2.98. The van der Waals surface area contributed by atoms with Crippen molar-refractivity contribution >= 4 is 0 Å². The van der Waals surface area contributed by atoms with E-state index in [-0.39, 0.29) is 12.6 Å². The second kappa shape index (κ2) is 6.21. The van der Waals surface area contributed by atoms with Crippen molar-refractivity contribution in [3.63, 3.8) is 0 Å². The van der Waals surface area contributed by atoms with Gasteiger partial charge in [0.25, 0.3) is 0 Å². The number of aliphatic hydroxyl groups excluding tert-OH is 1. The fourth-order valence-corrected chi connectivity index (χ4v) is 2.98. The highest BCUT2D eigenvalue weighted by Gasteiger charge is 2.31. The van der Waals surface area contributed by atoms with Gasteiger partial charge in [-0.1, -0.05) is 60.7 Å². The van der Waals surface area contributed by atoms with Crippen molar-refractivity contribution in [1.82, 2.24) is 5.32 Å². The maximum Gasteiger partial charge on any atom is 0.0626 e. The molecule has 0 radical (unpaired) electrons. The van der Waals surface area contributed by atoms with Gasteiger partial charge in [-0.3, -0.25) is 0 Å². The van der Waals surface area contributed by atoms with Crippen molar-refractivity contribution < 1.29 is 5.11 Å². The molecule has 0 aliphatic heterocycles. The lowest BCUT2D eigenvalue weighted by molar-refractivity contribution is 0.197. The predicted octanol–water partition coefficient (Wildman–Crippen LogP) is 3.26. The Hall–Kier alpha value is -1.64. The van der Waals surface area contributed by atoms with Crippen LogP contribution in [0.3, 0.4) is 0 Å². The fraction of sp³-hybridized carbons (Fsp3) is 0.333. The summed E-state index contributed by atoms with van der Waals surface area (Å²) in [5, 5.41) is 13.1. The summed E-state index contributed by atoms with van der Waals surface area (Å²) < 4.78 is 0.